The predicted molar refractivity (Wildman–Crippen MR) is 102 cm³/mol. The predicted octanol–water partition coefficient (Wildman–Crippen LogP) is 5.03. The summed E-state index contributed by atoms with van der Waals surface area (Å²) in [5, 5.41) is 0. The van der Waals surface area contributed by atoms with Crippen LogP contribution in [0.4, 0.5) is 0 Å². The second-order valence-corrected chi connectivity index (χ2v) is 7.41. The number of nitrogens with zero attached hydrogens (tertiary/aromatic N) is 1. The lowest BCUT2D eigenvalue weighted by molar-refractivity contribution is -0.910. The fourth-order valence-corrected chi connectivity index (χ4v) is 2.70. The number of quaternary nitrogens is 2. The first-order valence-corrected chi connectivity index (χ1v) is 10.1. The van der Waals surface area contributed by atoms with Gasteiger partial charge in [-0.15, -0.1) is 0 Å². The van der Waals surface area contributed by atoms with Gasteiger partial charge in [-0.2, -0.15) is 0 Å². The lowest BCUT2D eigenvalue weighted by atomic mass is 9.92. The van der Waals surface area contributed by atoms with E-state index in [1.54, 1.807) is 0 Å². The van der Waals surface area contributed by atoms with Crippen LogP contribution in [-0.4, -0.2) is 36.7 Å². The number of unbranched alkanes of at least 4 members (excludes halogenated alkanes) is 3. The van der Waals surface area contributed by atoms with E-state index in [2.05, 4.69) is 54.3 Å². The molecule has 2 heteroatoms. The van der Waals surface area contributed by atoms with Gasteiger partial charge in [-0.25, -0.2) is 0 Å². The normalized spacial score (nSPS) is 12.0. The van der Waals surface area contributed by atoms with Crippen LogP contribution in [0.5, 0.6) is 0 Å². The molecule has 0 amide bonds. The van der Waals surface area contributed by atoms with Crippen LogP contribution < -0.4 is 5.73 Å². The minimum Gasteiger partial charge on any atom is -0.353 e. The molecule has 0 saturated heterocycles. The van der Waals surface area contributed by atoms with Crippen molar-refractivity contribution in [1.29, 1.82) is 0 Å². The third-order valence-corrected chi connectivity index (χ3v) is 5.40. The molecular formula is C20H48N2+2. The standard InChI is InChI=1S/C13H30N.C7H17N/c1-5-8-11-14(4,12-9-6-2)13-10-7-3;1-4-7(8,5-2)6-3/h5-13H2,1-4H3;4-6,8H2,1-3H3/q+1;/p+1. The van der Waals surface area contributed by atoms with Crippen LogP contribution in [0, 0.1) is 0 Å². The summed E-state index contributed by atoms with van der Waals surface area (Å²) in [6, 6.07) is 0. The molecule has 0 fully saturated rings. The Hall–Kier alpha value is -0.0800. The Morgan fingerprint density at radius 2 is 0.909 bits per heavy atom. The minimum atomic E-state index is 0.375. The van der Waals surface area contributed by atoms with E-state index in [0.717, 1.165) is 0 Å². The van der Waals surface area contributed by atoms with Gasteiger partial charge >= 0.3 is 0 Å². The largest absolute Gasteiger partial charge is 0.353 e. The zero-order valence-electron chi connectivity index (χ0n) is 17.1. The van der Waals surface area contributed by atoms with E-state index in [9.17, 15) is 0 Å². The molecule has 0 aliphatic rings. The Morgan fingerprint density at radius 1 is 0.636 bits per heavy atom. The van der Waals surface area contributed by atoms with Crippen molar-refractivity contribution in [3.8, 4) is 0 Å². The van der Waals surface area contributed by atoms with Crippen LogP contribution in [-0.2, 0) is 0 Å². The van der Waals surface area contributed by atoms with Crippen LogP contribution in [0.3, 0.4) is 0 Å². The Bertz CT molecular complexity index is 192. The molecule has 0 aromatic carbocycles. The van der Waals surface area contributed by atoms with Gasteiger partial charge in [-0.05, 0) is 38.5 Å². The molecule has 22 heavy (non-hydrogen) atoms. The highest BCUT2D eigenvalue weighted by molar-refractivity contribution is 4.69. The highest BCUT2D eigenvalue weighted by Crippen LogP contribution is 2.12. The summed E-state index contributed by atoms with van der Waals surface area (Å²) in [5.74, 6) is 0. The van der Waals surface area contributed by atoms with Crippen molar-refractivity contribution in [1.82, 2.24) is 0 Å². The zero-order chi connectivity index (χ0) is 17.5. The summed E-state index contributed by atoms with van der Waals surface area (Å²) < 4.78 is 1.32. The third kappa shape index (κ3) is 12.5. The van der Waals surface area contributed by atoms with Crippen molar-refractivity contribution < 1.29 is 10.2 Å². The van der Waals surface area contributed by atoms with E-state index in [-0.39, 0.29) is 0 Å². The third-order valence-electron chi connectivity index (χ3n) is 5.40. The van der Waals surface area contributed by atoms with Gasteiger partial charge in [0.15, 0.2) is 0 Å². The lowest BCUT2D eigenvalue weighted by Crippen LogP contribution is -2.71. The van der Waals surface area contributed by atoms with Crippen molar-refractivity contribution >= 4 is 0 Å². The summed E-state index contributed by atoms with van der Waals surface area (Å²) in [4.78, 5) is 0. The number of hydrogen-bond acceptors (Lipinski definition) is 0. The average Bonchev–Trinajstić information content (AvgIpc) is 2.56. The van der Waals surface area contributed by atoms with Gasteiger partial charge in [0.05, 0.1) is 32.2 Å². The Kier molecular flexibility index (Phi) is 15.9. The Labute approximate surface area is 142 Å². The molecule has 0 unspecified atom stereocenters. The number of rotatable bonds is 12. The van der Waals surface area contributed by atoms with Gasteiger partial charge in [0.2, 0.25) is 0 Å². The Balaban J connectivity index is 0. The molecule has 3 N–H and O–H groups in total. The minimum absolute atomic E-state index is 0.375. The summed E-state index contributed by atoms with van der Waals surface area (Å²) in [7, 11) is 2.45. The van der Waals surface area contributed by atoms with E-state index >= 15 is 0 Å². The molecule has 0 heterocycles. The summed E-state index contributed by atoms with van der Waals surface area (Å²) >= 11 is 0. The highest BCUT2D eigenvalue weighted by atomic mass is 15.3. The van der Waals surface area contributed by atoms with Crippen LogP contribution in [0.2, 0.25) is 0 Å². The van der Waals surface area contributed by atoms with E-state index < -0.39 is 0 Å². The second-order valence-electron chi connectivity index (χ2n) is 7.41. The SMILES string of the molecule is CCC([NH3+])(CC)CC.CCCC[N+](C)(CCCC)CCCC. The molecule has 0 spiro atoms. The van der Waals surface area contributed by atoms with Gasteiger partial charge in [0.1, 0.15) is 0 Å². The quantitative estimate of drug-likeness (QED) is 0.489. The smallest absolute Gasteiger partial charge is 0.0937 e. The maximum atomic E-state index is 4.12. The summed E-state index contributed by atoms with van der Waals surface area (Å²) in [6.07, 6.45) is 11.8. The zero-order valence-corrected chi connectivity index (χ0v) is 17.1. The van der Waals surface area contributed by atoms with E-state index in [1.807, 2.05) is 0 Å². The van der Waals surface area contributed by atoms with E-state index in [0.29, 0.717) is 5.54 Å². The fourth-order valence-electron chi connectivity index (χ4n) is 2.70. The average molecular weight is 317 g/mol. The van der Waals surface area contributed by atoms with Crippen LogP contribution in [0.15, 0.2) is 0 Å². The maximum Gasteiger partial charge on any atom is 0.0937 e. The van der Waals surface area contributed by atoms with Gasteiger partial charge < -0.3 is 10.2 Å². The maximum absolute atomic E-state index is 4.12. The molecule has 0 rings (SSSR count). The monoisotopic (exact) mass is 316 g/mol. The van der Waals surface area contributed by atoms with Crippen LogP contribution in [0.1, 0.15) is 99.3 Å². The van der Waals surface area contributed by atoms with Crippen molar-refractivity contribution in [2.45, 2.75) is 105 Å². The van der Waals surface area contributed by atoms with Gasteiger partial charge in [0.25, 0.3) is 0 Å². The van der Waals surface area contributed by atoms with Crippen molar-refractivity contribution in [3.63, 3.8) is 0 Å². The fraction of sp³-hybridized carbons (Fsp3) is 1.00. The molecule has 0 bridgehead atoms. The van der Waals surface area contributed by atoms with E-state index in [4.69, 9.17) is 0 Å². The second kappa shape index (κ2) is 14.5. The molecule has 2 nitrogen and oxygen atoms in total. The molecule has 136 valence electrons. The van der Waals surface area contributed by atoms with E-state index in [1.165, 1.54) is 81.9 Å². The Morgan fingerprint density at radius 3 is 1.05 bits per heavy atom. The van der Waals surface area contributed by atoms with Crippen molar-refractivity contribution in [3.05, 3.63) is 0 Å². The molecule has 0 aliphatic carbocycles. The summed E-state index contributed by atoms with van der Waals surface area (Å²) in [6.45, 7) is 17.7. The first-order valence-electron chi connectivity index (χ1n) is 10.1. The van der Waals surface area contributed by atoms with Gasteiger partial charge in [-0.3, -0.25) is 0 Å². The molecular weight excluding hydrogens is 268 g/mol. The lowest BCUT2D eigenvalue weighted by Gasteiger charge is -2.34. The molecule has 0 radical (unpaired) electrons. The summed E-state index contributed by atoms with van der Waals surface area (Å²) in [5.41, 5.74) is 4.50. The molecule has 0 aromatic heterocycles. The van der Waals surface area contributed by atoms with Crippen molar-refractivity contribution in [2.75, 3.05) is 26.7 Å². The van der Waals surface area contributed by atoms with Gasteiger partial charge in [-0.1, -0.05) is 60.8 Å². The molecule has 0 atom stereocenters. The molecule has 0 saturated carbocycles. The molecule has 0 aliphatic heterocycles. The van der Waals surface area contributed by atoms with Crippen LogP contribution >= 0.6 is 0 Å². The van der Waals surface area contributed by atoms with Crippen LogP contribution in [0.25, 0.3) is 0 Å². The first kappa shape index (κ1) is 24.2. The van der Waals surface area contributed by atoms with Crippen molar-refractivity contribution in [2.24, 2.45) is 0 Å². The topological polar surface area (TPSA) is 27.6 Å². The number of hydrogen-bond donors (Lipinski definition) is 1. The molecule has 0 aromatic rings. The first-order chi connectivity index (χ1) is 10.4. The van der Waals surface area contributed by atoms with Gasteiger partial charge in [0, 0.05) is 0 Å². The highest BCUT2D eigenvalue weighted by Gasteiger charge is 2.20.